The number of benzene rings is 1. The van der Waals surface area contributed by atoms with E-state index in [1.54, 1.807) is 0 Å². The fraction of sp³-hybridized carbons (Fsp3) is 0.562. The van der Waals surface area contributed by atoms with E-state index in [1.807, 2.05) is 45.9 Å². The highest BCUT2D eigenvalue weighted by Gasteiger charge is 2.18. The summed E-state index contributed by atoms with van der Waals surface area (Å²) >= 11 is 0. The van der Waals surface area contributed by atoms with Crippen LogP contribution in [0.25, 0.3) is 0 Å². The van der Waals surface area contributed by atoms with Crippen LogP contribution in [0.4, 0.5) is 5.69 Å². The third kappa shape index (κ3) is 6.58. The first-order chi connectivity index (χ1) is 10.1. The summed E-state index contributed by atoms with van der Waals surface area (Å²) in [7, 11) is -3.29. The molecule has 6 heteroatoms. The van der Waals surface area contributed by atoms with Crippen molar-refractivity contribution in [3.63, 3.8) is 0 Å². The summed E-state index contributed by atoms with van der Waals surface area (Å²) in [5, 5.41) is 2.82. The van der Waals surface area contributed by atoms with Gasteiger partial charge in [0.15, 0.2) is 0 Å². The van der Waals surface area contributed by atoms with Gasteiger partial charge in [0.05, 0.1) is 6.26 Å². The van der Waals surface area contributed by atoms with Crippen LogP contribution in [0.2, 0.25) is 0 Å². The molecular formula is C16H26N2O3S. The number of rotatable bonds is 7. The van der Waals surface area contributed by atoms with Gasteiger partial charge in [-0.1, -0.05) is 19.9 Å². The molecule has 0 bridgehead atoms. The zero-order valence-corrected chi connectivity index (χ0v) is 14.8. The van der Waals surface area contributed by atoms with E-state index in [1.165, 1.54) is 10.6 Å². The molecule has 0 radical (unpaired) electrons. The Balaban J connectivity index is 2.64. The number of anilines is 1. The van der Waals surface area contributed by atoms with Crippen molar-refractivity contribution in [2.75, 3.05) is 24.7 Å². The number of hydrogen-bond donors (Lipinski definition) is 1. The molecule has 22 heavy (non-hydrogen) atoms. The van der Waals surface area contributed by atoms with Crippen molar-refractivity contribution in [1.82, 2.24) is 4.31 Å². The summed E-state index contributed by atoms with van der Waals surface area (Å²) in [6, 6.07) is 5.82. The Hall–Kier alpha value is -1.40. The third-order valence-electron chi connectivity index (χ3n) is 3.13. The Bertz CT molecular complexity index is 604. The van der Waals surface area contributed by atoms with Gasteiger partial charge in [-0.05, 0) is 43.0 Å². The van der Waals surface area contributed by atoms with Gasteiger partial charge in [-0.15, -0.1) is 0 Å². The van der Waals surface area contributed by atoms with Gasteiger partial charge < -0.3 is 5.32 Å². The van der Waals surface area contributed by atoms with Crippen molar-refractivity contribution in [2.24, 2.45) is 5.92 Å². The zero-order valence-electron chi connectivity index (χ0n) is 14.0. The highest BCUT2D eigenvalue weighted by atomic mass is 32.2. The molecule has 0 aliphatic carbocycles. The minimum absolute atomic E-state index is 0.146. The standard InChI is InChI=1S/C16H26N2O3S/c1-12(2)11-18(22(5,20)21)7-6-16(19)17-15-9-13(3)8-14(4)10-15/h8-10,12H,6-7,11H2,1-5H3,(H,17,19). The van der Waals surface area contributed by atoms with Crippen molar-refractivity contribution in [2.45, 2.75) is 34.1 Å². The molecule has 124 valence electrons. The Labute approximate surface area is 133 Å². The quantitative estimate of drug-likeness (QED) is 0.837. The molecule has 0 spiro atoms. The molecule has 1 amide bonds. The monoisotopic (exact) mass is 326 g/mol. The Morgan fingerprint density at radius 1 is 1.18 bits per heavy atom. The summed E-state index contributed by atoms with van der Waals surface area (Å²) < 4.78 is 24.8. The minimum atomic E-state index is -3.29. The number of nitrogens with zero attached hydrogens (tertiary/aromatic N) is 1. The smallest absolute Gasteiger partial charge is 0.225 e. The molecule has 0 heterocycles. The summed E-state index contributed by atoms with van der Waals surface area (Å²) in [6.07, 6.45) is 1.32. The third-order valence-corrected chi connectivity index (χ3v) is 4.40. The van der Waals surface area contributed by atoms with Crippen molar-refractivity contribution in [1.29, 1.82) is 0 Å². The lowest BCUT2D eigenvalue weighted by Gasteiger charge is -2.21. The van der Waals surface area contributed by atoms with E-state index in [9.17, 15) is 13.2 Å². The highest BCUT2D eigenvalue weighted by molar-refractivity contribution is 7.88. The predicted molar refractivity (Wildman–Crippen MR) is 90.4 cm³/mol. The predicted octanol–water partition coefficient (Wildman–Crippen LogP) is 2.55. The van der Waals surface area contributed by atoms with E-state index < -0.39 is 10.0 Å². The van der Waals surface area contributed by atoms with Crippen LogP contribution in [0.3, 0.4) is 0 Å². The maximum atomic E-state index is 12.0. The maximum Gasteiger partial charge on any atom is 0.225 e. The van der Waals surface area contributed by atoms with Crippen LogP contribution < -0.4 is 5.32 Å². The van der Waals surface area contributed by atoms with Crippen molar-refractivity contribution < 1.29 is 13.2 Å². The summed E-state index contributed by atoms with van der Waals surface area (Å²) in [5.74, 6) is 0.0413. The van der Waals surface area contributed by atoms with Crippen LogP contribution in [0.15, 0.2) is 18.2 Å². The van der Waals surface area contributed by atoms with E-state index in [-0.39, 0.29) is 24.8 Å². The molecule has 1 N–H and O–H groups in total. The van der Waals surface area contributed by atoms with Crippen LogP contribution >= 0.6 is 0 Å². The molecular weight excluding hydrogens is 300 g/mol. The molecule has 1 rings (SSSR count). The van der Waals surface area contributed by atoms with E-state index in [0.29, 0.717) is 6.54 Å². The van der Waals surface area contributed by atoms with E-state index in [4.69, 9.17) is 0 Å². The SMILES string of the molecule is Cc1cc(C)cc(NC(=O)CCN(CC(C)C)S(C)(=O)=O)c1. The molecule has 0 saturated carbocycles. The Kier molecular flexibility index (Phi) is 6.56. The van der Waals surface area contributed by atoms with Gasteiger partial charge in [0.25, 0.3) is 0 Å². The molecule has 5 nitrogen and oxygen atoms in total. The maximum absolute atomic E-state index is 12.0. The zero-order chi connectivity index (χ0) is 16.9. The van der Waals surface area contributed by atoms with Gasteiger partial charge in [0.1, 0.15) is 0 Å². The fourth-order valence-electron chi connectivity index (χ4n) is 2.30. The second kappa shape index (κ2) is 7.74. The normalized spacial score (nSPS) is 12.0. The van der Waals surface area contributed by atoms with E-state index in [0.717, 1.165) is 16.8 Å². The Morgan fingerprint density at radius 3 is 2.18 bits per heavy atom. The van der Waals surface area contributed by atoms with Crippen LogP contribution in [0, 0.1) is 19.8 Å². The van der Waals surface area contributed by atoms with Gasteiger partial charge in [0, 0.05) is 25.2 Å². The average Bonchev–Trinajstić information content (AvgIpc) is 2.31. The summed E-state index contributed by atoms with van der Waals surface area (Å²) in [6.45, 7) is 8.47. The first-order valence-electron chi connectivity index (χ1n) is 7.41. The number of amides is 1. The van der Waals surface area contributed by atoms with Crippen LogP contribution in [0.1, 0.15) is 31.4 Å². The topological polar surface area (TPSA) is 66.5 Å². The number of sulfonamides is 1. The first kappa shape index (κ1) is 18.6. The molecule has 0 unspecified atom stereocenters. The van der Waals surface area contributed by atoms with Gasteiger partial charge in [-0.25, -0.2) is 12.7 Å². The van der Waals surface area contributed by atoms with Crippen LogP contribution in [-0.2, 0) is 14.8 Å². The number of carbonyl (C=O) groups excluding carboxylic acids is 1. The van der Waals surface area contributed by atoms with E-state index >= 15 is 0 Å². The number of carbonyl (C=O) groups is 1. The van der Waals surface area contributed by atoms with Gasteiger partial charge in [-0.2, -0.15) is 0 Å². The molecule has 0 aromatic heterocycles. The molecule has 0 atom stereocenters. The second-order valence-corrected chi connectivity index (χ2v) is 8.17. The lowest BCUT2D eigenvalue weighted by atomic mass is 10.1. The first-order valence-corrected chi connectivity index (χ1v) is 9.26. The molecule has 0 aliphatic rings. The van der Waals surface area contributed by atoms with Crippen molar-refractivity contribution in [3.8, 4) is 0 Å². The number of nitrogens with one attached hydrogen (secondary N) is 1. The van der Waals surface area contributed by atoms with Gasteiger partial charge in [-0.3, -0.25) is 4.79 Å². The largest absolute Gasteiger partial charge is 0.326 e. The highest BCUT2D eigenvalue weighted by Crippen LogP contribution is 2.14. The molecule has 0 aliphatic heterocycles. The summed E-state index contributed by atoms with van der Waals surface area (Å²) in [5.41, 5.74) is 2.90. The molecule has 1 aromatic carbocycles. The lowest BCUT2D eigenvalue weighted by Crippen LogP contribution is -2.35. The Morgan fingerprint density at radius 2 is 1.73 bits per heavy atom. The van der Waals surface area contributed by atoms with Crippen LogP contribution in [0.5, 0.6) is 0 Å². The van der Waals surface area contributed by atoms with Crippen LogP contribution in [-0.4, -0.2) is 38.0 Å². The molecule has 0 fully saturated rings. The fourth-order valence-corrected chi connectivity index (χ4v) is 3.29. The number of hydrogen-bond acceptors (Lipinski definition) is 3. The van der Waals surface area contributed by atoms with Crippen molar-refractivity contribution >= 4 is 21.6 Å². The van der Waals surface area contributed by atoms with Gasteiger partial charge >= 0.3 is 0 Å². The summed E-state index contributed by atoms with van der Waals surface area (Å²) in [4.78, 5) is 12.0. The van der Waals surface area contributed by atoms with Gasteiger partial charge in [0.2, 0.25) is 15.9 Å². The number of aryl methyl sites for hydroxylation is 2. The van der Waals surface area contributed by atoms with E-state index in [2.05, 4.69) is 5.32 Å². The average molecular weight is 326 g/mol. The second-order valence-electron chi connectivity index (χ2n) is 6.19. The molecule has 1 aromatic rings. The molecule has 0 saturated heterocycles. The minimum Gasteiger partial charge on any atom is -0.326 e. The van der Waals surface area contributed by atoms with Crippen molar-refractivity contribution in [3.05, 3.63) is 29.3 Å². The lowest BCUT2D eigenvalue weighted by molar-refractivity contribution is -0.116.